The van der Waals surface area contributed by atoms with Crippen molar-refractivity contribution in [3.8, 4) is 0 Å². The molecule has 0 saturated carbocycles. The molecule has 0 aliphatic carbocycles. The highest BCUT2D eigenvalue weighted by Gasteiger charge is 2.36. The van der Waals surface area contributed by atoms with Crippen LogP contribution in [-0.4, -0.2) is 90.0 Å². The van der Waals surface area contributed by atoms with E-state index in [1.807, 2.05) is 6.92 Å². The number of rotatable bonds is 19. The summed E-state index contributed by atoms with van der Waals surface area (Å²) in [6.07, 6.45) is 2.43. The lowest BCUT2D eigenvalue weighted by Gasteiger charge is -2.31. The van der Waals surface area contributed by atoms with Gasteiger partial charge in [0.25, 0.3) is 0 Å². The molecular formula is C21H32O6S3. The van der Waals surface area contributed by atoms with Crippen molar-refractivity contribution in [3.63, 3.8) is 0 Å². The standard InChI is InChI=1S/C21H32O6S3/c1-2-21(3-15(22)9-28-12-18-6-25-18,4-16(23)10-29-13-19-7-26-19)5-17(24)11-30-14-20-8-27-20/h18-20H,2-14H2,1H3. The molecule has 3 aliphatic rings. The molecule has 3 heterocycles. The molecule has 0 spiro atoms. The fourth-order valence-electron chi connectivity index (χ4n) is 3.38. The normalized spacial score (nSPS) is 26.1. The zero-order chi connectivity index (χ0) is 21.4. The molecule has 6 nitrogen and oxygen atoms in total. The summed E-state index contributed by atoms with van der Waals surface area (Å²) in [5, 5.41) is 0. The van der Waals surface area contributed by atoms with Gasteiger partial charge >= 0.3 is 0 Å². The second-order valence-electron chi connectivity index (χ2n) is 8.41. The van der Waals surface area contributed by atoms with Gasteiger partial charge in [0, 0.05) is 36.5 Å². The number of Topliss-reactive ketones (excluding diaryl/α,β-unsaturated/α-hetero) is 3. The van der Waals surface area contributed by atoms with E-state index >= 15 is 0 Å². The van der Waals surface area contributed by atoms with Gasteiger partial charge in [-0.3, -0.25) is 14.4 Å². The van der Waals surface area contributed by atoms with Gasteiger partial charge in [0.1, 0.15) is 17.3 Å². The second kappa shape index (κ2) is 12.3. The molecule has 0 bridgehead atoms. The third kappa shape index (κ3) is 10.0. The van der Waals surface area contributed by atoms with Crippen LogP contribution in [0.25, 0.3) is 0 Å². The first-order chi connectivity index (χ1) is 14.5. The van der Waals surface area contributed by atoms with Crippen LogP contribution >= 0.6 is 35.3 Å². The Morgan fingerprint density at radius 2 is 1.00 bits per heavy atom. The number of carbonyl (C=O) groups excluding carboxylic acids is 3. The Morgan fingerprint density at radius 1 is 0.700 bits per heavy atom. The minimum absolute atomic E-state index is 0.126. The molecule has 30 heavy (non-hydrogen) atoms. The molecular weight excluding hydrogens is 444 g/mol. The van der Waals surface area contributed by atoms with Crippen LogP contribution < -0.4 is 0 Å². The maximum absolute atomic E-state index is 12.7. The van der Waals surface area contributed by atoms with Gasteiger partial charge in [0.05, 0.1) is 55.4 Å². The van der Waals surface area contributed by atoms with Crippen LogP contribution in [0, 0.1) is 5.41 Å². The zero-order valence-corrected chi connectivity index (χ0v) is 20.0. The van der Waals surface area contributed by atoms with Crippen LogP contribution in [0.15, 0.2) is 0 Å². The summed E-state index contributed by atoms with van der Waals surface area (Å²) in [6, 6.07) is 0. The second-order valence-corrected chi connectivity index (χ2v) is 11.5. The molecule has 0 N–H and O–H groups in total. The van der Waals surface area contributed by atoms with Crippen LogP contribution in [0.3, 0.4) is 0 Å². The molecule has 9 heteroatoms. The Kier molecular flexibility index (Phi) is 10.0. The molecule has 0 aromatic heterocycles. The summed E-state index contributed by atoms with van der Waals surface area (Å²) in [5.74, 6) is 4.15. The predicted octanol–water partition coefficient (Wildman–Crippen LogP) is 2.66. The minimum Gasteiger partial charge on any atom is -0.372 e. The molecule has 3 fully saturated rings. The fraction of sp³-hybridized carbons (Fsp3) is 0.857. The number of thioether (sulfide) groups is 3. The van der Waals surface area contributed by atoms with E-state index in [9.17, 15) is 14.4 Å². The van der Waals surface area contributed by atoms with Crippen LogP contribution in [0.5, 0.6) is 0 Å². The first kappa shape index (κ1) is 24.6. The van der Waals surface area contributed by atoms with Crippen molar-refractivity contribution in [2.75, 3.05) is 54.3 Å². The SMILES string of the molecule is CCC(CC(=O)CSCC1CO1)(CC(=O)CSCC1CO1)CC(=O)CSCC1CO1. The Bertz CT molecular complexity index is 523. The summed E-state index contributed by atoms with van der Waals surface area (Å²) < 4.78 is 15.6. The summed E-state index contributed by atoms with van der Waals surface area (Å²) >= 11 is 4.77. The highest BCUT2D eigenvalue weighted by molar-refractivity contribution is 8.00. The van der Waals surface area contributed by atoms with Gasteiger partial charge in [-0.05, 0) is 11.8 Å². The Labute approximate surface area is 191 Å². The minimum atomic E-state index is -0.560. The highest BCUT2D eigenvalue weighted by atomic mass is 32.2. The molecule has 3 aliphatic heterocycles. The zero-order valence-electron chi connectivity index (χ0n) is 17.6. The van der Waals surface area contributed by atoms with E-state index in [2.05, 4.69) is 0 Å². The summed E-state index contributed by atoms with van der Waals surface area (Å²) in [6.45, 7) is 4.36. The van der Waals surface area contributed by atoms with Crippen molar-refractivity contribution in [1.82, 2.24) is 0 Å². The monoisotopic (exact) mass is 476 g/mol. The van der Waals surface area contributed by atoms with E-state index in [1.54, 1.807) is 35.3 Å². The number of hydrogen-bond acceptors (Lipinski definition) is 9. The maximum atomic E-state index is 12.7. The van der Waals surface area contributed by atoms with Gasteiger partial charge in [-0.25, -0.2) is 0 Å². The van der Waals surface area contributed by atoms with Gasteiger partial charge in [0.2, 0.25) is 0 Å². The van der Waals surface area contributed by atoms with Gasteiger partial charge in [-0.15, -0.1) is 0 Å². The van der Waals surface area contributed by atoms with Crippen molar-refractivity contribution in [2.24, 2.45) is 5.41 Å². The van der Waals surface area contributed by atoms with E-state index in [4.69, 9.17) is 14.2 Å². The largest absolute Gasteiger partial charge is 0.372 e. The van der Waals surface area contributed by atoms with Gasteiger partial charge in [0.15, 0.2) is 0 Å². The van der Waals surface area contributed by atoms with E-state index in [0.29, 0.717) is 61.3 Å². The Morgan fingerprint density at radius 3 is 1.23 bits per heavy atom. The molecule has 0 amide bonds. The topological polar surface area (TPSA) is 88.8 Å². The number of ether oxygens (including phenoxy) is 3. The number of carbonyl (C=O) groups is 3. The summed E-state index contributed by atoms with van der Waals surface area (Å²) in [4.78, 5) is 38.0. The van der Waals surface area contributed by atoms with Crippen molar-refractivity contribution in [1.29, 1.82) is 0 Å². The van der Waals surface area contributed by atoms with Crippen LogP contribution in [-0.2, 0) is 28.6 Å². The summed E-state index contributed by atoms with van der Waals surface area (Å²) in [5.41, 5.74) is -0.560. The van der Waals surface area contributed by atoms with Gasteiger partial charge in [-0.1, -0.05) is 6.92 Å². The quantitative estimate of drug-likeness (QED) is 0.261. The van der Waals surface area contributed by atoms with E-state index < -0.39 is 5.41 Å². The number of hydrogen-bond donors (Lipinski definition) is 0. The molecule has 3 saturated heterocycles. The van der Waals surface area contributed by atoms with Crippen molar-refractivity contribution in [2.45, 2.75) is 50.9 Å². The first-order valence-electron chi connectivity index (χ1n) is 10.6. The third-order valence-corrected chi connectivity index (χ3v) is 8.77. The molecule has 0 radical (unpaired) electrons. The average Bonchev–Trinajstić information content (AvgIpc) is 3.52. The van der Waals surface area contributed by atoms with Crippen LogP contribution in [0.2, 0.25) is 0 Å². The molecule has 0 aromatic carbocycles. The van der Waals surface area contributed by atoms with Crippen LogP contribution in [0.4, 0.5) is 0 Å². The summed E-state index contributed by atoms with van der Waals surface area (Å²) in [7, 11) is 0. The van der Waals surface area contributed by atoms with E-state index in [-0.39, 0.29) is 17.3 Å². The Hall–Kier alpha value is -0.0600. The van der Waals surface area contributed by atoms with Crippen molar-refractivity contribution >= 4 is 52.6 Å². The van der Waals surface area contributed by atoms with E-state index in [1.165, 1.54) is 0 Å². The molecule has 170 valence electrons. The molecule has 3 rings (SSSR count). The smallest absolute Gasteiger partial charge is 0.143 e. The highest BCUT2D eigenvalue weighted by Crippen LogP contribution is 2.37. The first-order valence-corrected chi connectivity index (χ1v) is 14.1. The Balaban J connectivity index is 1.49. The lowest BCUT2D eigenvalue weighted by molar-refractivity contribution is -0.125. The van der Waals surface area contributed by atoms with Crippen molar-refractivity contribution in [3.05, 3.63) is 0 Å². The lowest BCUT2D eigenvalue weighted by atomic mass is 9.73. The lowest BCUT2D eigenvalue weighted by Crippen LogP contribution is -2.32. The third-order valence-electron chi connectivity index (χ3n) is 5.37. The number of epoxide rings is 3. The van der Waals surface area contributed by atoms with Crippen LogP contribution in [0.1, 0.15) is 32.6 Å². The van der Waals surface area contributed by atoms with E-state index in [0.717, 1.165) is 37.1 Å². The van der Waals surface area contributed by atoms with Gasteiger partial charge < -0.3 is 14.2 Å². The predicted molar refractivity (Wildman–Crippen MR) is 123 cm³/mol. The maximum Gasteiger partial charge on any atom is 0.143 e. The van der Waals surface area contributed by atoms with Crippen molar-refractivity contribution < 1.29 is 28.6 Å². The number of ketones is 3. The molecule has 3 unspecified atom stereocenters. The molecule has 3 atom stereocenters. The average molecular weight is 477 g/mol. The molecule has 0 aromatic rings. The fourth-order valence-corrected chi connectivity index (χ4v) is 6.08. The van der Waals surface area contributed by atoms with Gasteiger partial charge in [-0.2, -0.15) is 35.3 Å².